The molecule has 1 N–H and O–H groups in total. The first-order valence-corrected chi connectivity index (χ1v) is 6.11. The van der Waals surface area contributed by atoms with Gasteiger partial charge in [-0.3, -0.25) is 0 Å². The number of nitrogens with one attached hydrogen (secondary N) is 1. The van der Waals surface area contributed by atoms with Crippen molar-refractivity contribution in [2.24, 2.45) is 0 Å². The number of thiophene rings is 1. The van der Waals surface area contributed by atoms with E-state index in [9.17, 15) is 4.39 Å². The number of rotatable bonds is 3. The van der Waals surface area contributed by atoms with Gasteiger partial charge in [0.2, 0.25) is 0 Å². The van der Waals surface area contributed by atoms with Gasteiger partial charge >= 0.3 is 0 Å². The van der Waals surface area contributed by atoms with Crippen molar-refractivity contribution in [2.75, 3.05) is 5.32 Å². The van der Waals surface area contributed by atoms with E-state index in [4.69, 9.17) is 16.9 Å². The van der Waals surface area contributed by atoms with Crippen LogP contribution in [0, 0.1) is 17.1 Å². The normalized spacial score (nSPS) is 9.94. The largest absolute Gasteiger partial charge is 0.379 e. The molecule has 2 aromatic rings. The lowest BCUT2D eigenvalue weighted by Crippen LogP contribution is -1.99. The predicted molar refractivity (Wildman–Crippen MR) is 67.8 cm³/mol. The van der Waals surface area contributed by atoms with Crippen LogP contribution in [0.3, 0.4) is 0 Å². The fraction of sp³-hybridized carbons (Fsp3) is 0.0833. The summed E-state index contributed by atoms with van der Waals surface area (Å²) in [5, 5.41) is 14.5. The van der Waals surface area contributed by atoms with E-state index >= 15 is 0 Å². The quantitative estimate of drug-likeness (QED) is 0.911. The molecule has 0 amide bonds. The van der Waals surface area contributed by atoms with Crippen LogP contribution in [0.2, 0.25) is 5.02 Å². The fourth-order valence-electron chi connectivity index (χ4n) is 1.39. The van der Waals surface area contributed by atoms with Crippen LogP contribution in [-0.2, 0) is 6.54 Å². The third kappa shape index (κ3) is 2.96. The van der Waals surface area contributed by atoms with Gasteiger partial charge in [0.15, 0.2) is 0 Å². The van der Waals surface area contributed by atoms with E-state index in [1.54, 1.807) is 6.07 Å². The maximum atomic E-state index is 12.9. The van der Waals surface area contributed by atoms with Crippen molar-refractivity contribution in [3.05, 3.63) is 50.9 Å². The summed E-state index contributed by atoms with van der Waals surface area (Å²) in [5.74, 6) is -0.411. The van der Waals surface area contributed by atoms with E-state index in [0.29, 0.717) is 22.8 Å². The number of halogens is 2. The smallest absolute Gasteiger partial charge is 0.124 e. The highest BCUT2D eigenvalue weighted by molar-refractivity contribution is 7.10. The predicted octanol–water partition coefficient (Wildman–Crippen LogP) is 4.02. The maximum absolute atomic E-state index is 12.9. The summed E-state index contributed by atoms with van der Waals surface area (Å²) in [7, 11) is 0. The van der Waals surface area contributed by atoms with E-state index in [-0.39, 0.29) is 0 Å². The summed E-state index contributed by atoms with van der Waals surface area (Å²) in [6.07, 6.45) is 0. The molecule has 1 aromatic carbocycles. The number of nitriles is 1. The van der Waals surface area contributed by atoms with Crippen LogP contribution < -0.4 is 5.32 Å². The zero-order valence-electron chi connectivity index (χ0n) is 8.71. The van der Waals surface area contributed by atoms with Crippen molar-refractivity contribution in [1.29, 1.82) is 5.26 Å². The minimum absolute atomic E-state index is 0.299. The minimum Gasteiger partial charge on any atom is -0.379 e. The highest BCUT2D eigenvalue weighted by Crippen LogP contribution is 2.22. The first kappa shape index (κ1) is 11.9. The molecule has 0 radical (unpaired) electrons. The molecular formula is C12H8ClFN2S. The monoisotopic (exact) mass is 266 g/mol. The minimum atomic E-state index is -0.411. The highest BCUT2D eigenvalue weighted by Gasteiger charge is 2.04. The molecule has 2 rings (SSSR count). The first-order chi connectivity index (χ1) is 8.19. The van der Waals surface area contributed by atoms with Crippen LogP contribution in [0.1, 0.15) is 10.4 Å². The molecule has 0 spiro atoms. The molecule has 0 saturated carbocycles. The summed E-state index contributed by atoms with van der Waals surface area (Å²) in [6, 6.07) is 7.90. The molecule has 0 aliphatic rings. The van der Waals surface area contributed by atoms with Crippen molar-refractivity contribution in [3.8, 4) is 6.07 Å². The Bertz CT molecular complexity index is 574. The molecule has 5 heteroatoms. The van der Waals surface area contributed by atoms with Gasteiger partial charge in [0.25, 0.3) is 0 Å². The van der Waals surface area contributed by atoms with Crippen molar-refractivity contribution >= 4 is 28.6 Å². The molecule has 17 heavy (non-hydrogen) atoms. The van der Waals surface area contributed by atoms with Crippen LogP contribution in [0.4, 0.5) is 10.1 Å². The Labute approximate surface area is 107 Å². The Morgan fingerprint density at radius 3 is 2.88 bits per heavy atom. The van der Waals surface area contributed by atoms with Crippen LogP contribution in [0.15, 0.2) is 29.6 Å². The molecule has 86 valence electrons. The van der Waals surface area contributed by atoms with Crippen molar-refractivity contribution in [3.63, 3.8) is 0 Å². The molecule has 0 aliphatic carbocycles. The van der Waals surface area contributed by atoms with Crippen LogP contribution in [0.5, 0.6) is 0 Å². The Morgan fingerprint density at radius 2 is 2.24 bits per heavy atom. The van der Waals surface area contributed by atoms with Gasteiger partial charge in [-0.2, -0.15) is 5.26 Å². The van der Waals surface area contributed by atoms with E-state index in [1.807, 2.05) is 17.5 Å². The van der Waals surface area contributed by atoms with Crippen LogP contribution in [0.25, 0.3) is 0 Å². The SMILES string of the molecule is N#Cc1cc(F)ccc1NCc1cc(Cl)cs1. The zero-order valence-corrected chi connectivity index (χ0v) is 10.3. The average Bonchev–Trinajstić information content (AvgIpc) is 2.73. The van der Waals surface area contributed by atoms with Crippen molar-refractivity contribution in [2.45, 2.75) is 6.54 Å². The second-order valence-electron chi connectivity index (χ2n) is 3.39. The zero-order chi connectivity index (χ0) is 12.3. The Morgan fingerprint density at radius 1 is 1.41 bits per heavy atom. The second-order valence-corrected chi connectivity index (χ2v) is 4.82. The van der Waals surface area contributed by atoms with Gasteiger partial charge in [-0.25, -0.2) is 4.39 Å². The fourth-order valence-corrected chi connectivity index (χ4v) is 2.40. The van der Waals surface area contributed by atoms with Gasteiger partial charge < -0.3 is 5.32 Å². The molecule has 0 aliphatic heterocycles. The van der Waals surface area contributed by atoms with E-state index in [2.05, 4.69) is 5.32 Å². The highest BCUT2D eigenvalue weighted by atomic mass is 35.5. The van der Waals surface area contributed by atoms with Crippen LogP contribution in [-0.4, -0.2) is 0 Å². The van der Waals surface area contributed by atoms with Crippen LogP contribution >= 0.6 is 22.9 Å². The summed E-state index contributed by atoms with van der Waals surface area (Å²) in [4.78, 5) is 1.06. The van der Waals surface area contributed by atoms with Gasteiger partial charge in [-0.15, -0.1) is 11.3 Å². The van der Waals surface area contributed by atoms with Gasteiger partial charge in [0.05, 0.1) is 16.3 Å². The Hall–Kier alpha value is -1.57. The molecule has 0 bridgehead atoms. The summed E-state index contributed by atoms with van der Waals surface area (Å²) in [5.41, 5.74) is 0.922. The van der Waals surface area contributed by atoms with E-state index < -0.39 is 5.82 Å². The summed E-state index contributed by atoms with van der Waals surface area (Å²) in [6.45, 7) is 0.567. The molecule has 1 aromatic heterocycles. The lowest BCUT2D eigenvalue weighted by molar-refractivity contribution is 0.627. The molecule has 0 fully saturated rings. The summed E-state index contributed by atoms with van der Waals surface area (Å²) < 4.78 is 12.9. The Kier molecular flexibility index (Phi) is 3.62. The molecule has 0 saturated heterocycles. The lowest BCUT2D eigenvalue weighted by Gasteiger charge is -2.06. The van der Waals surface area contributed by atoms with Crippen molar-refractivity contribution < 1.29 is 4.39 Å². The molecule has 0 atom stereocenters. The number of nitrogens with zero attached hydrogens (tertiary/aromatic N) is 1. The van der Waals surface area contributed by atoms with E-state index in [1.165, 1.54) is 23.5 Å². The molecule has 1 heterocycles. The Balaban J connectivity index is 2.12. The van der Waals surface area contributed by atoms with Gasteiger partial charge in [-0.05, 0) is 24.3 Å². The van der Waals surface area contributed by atoms with Gasteiger partial charge in [-0.1, -0.05) is 11.6 Å². The average molecular weight is 267 g/mol. The van der Waals surface area contributed by atoms with Gasteiger partial charge in [0, 0.05) is 16.8 Å². The third-order valence-electron chi connectivity index (χ3n) is 2.18. The molecule has 2 nitrogen and oxygen atoms in total. The molecule has 0 unspecified atom stereocenters. The second kappa shape index (κ2) is 5.17. The first-order valence-electron chi connectivity index (χ1n) is 4.85. The lowest BCUT2D eigenvalue weighted by atomic mass is 10.2. The topological polar surface area (TPSA) is 35.8 Å². The number of benzene rings is 1. The number of hydrogen-bond donors (Lipinski definition) is 1. The maximum Gasteiger partial charge on any atom is 0.124 e. The number of anilines is 1. The van der Waals surface area contributed by atoms with Crippen molar-refractivity contribution in [1.82, 2.24) is 0 Å². The third-order valence-corrected chi connectivity index (χ3v) is 3.46. The number of hydrogen-bond acceptors (Lipinski definition) is 3. The van der Waals surface area contributed by atoms with Gasteiger partial charge in [0.1, 0.15) is 11.9 Å². The summed E-state index contributed by atoms with van der Waals surface area (Å²) >= 11 is 7.34. The standard InChI is InChI=1S/C12H8ClFN2S/c13-9-4-11(17-7-9)6-16-12-2-1-10(14)3-8(12)5-15/h1-4,7,16H,6H2. The van der Waals surface area contributed by atoms with E-state index in [0.717, 1.165) is 4.88 Å². The molecular weight excluding hydrogens is 259 g/mol.